The van der Waals surface area contributed by atoms with E-state index >= 15 is 0 Å². The number of sulfonamides is 1. The minimum Gasteiger partial charge on any atom is -0.370 e. The lowest BCUT2D eigenvalue weighted by molar-refractivity contribution is 0.318. The Morgan fingerprint density at radius 3 is 2.48 bits per heavy atom. The van der Waals surface area contributed by atoms with Crippen molar-refractivity contribution in [2.45, 2.75) is 36.6 Å². The fraction of sp³-hybridized carbons (Fsp3) is 0.600. The normalized spacial score (nSPS) is 24.4. The quantitative estimate of drug-likeness (QED) is 0.882. The predicted molar refractivity (Wildman–Crippen MR) is 83.8 cm³/mol. The molecule has 5 nitrogen and oxygen atoms in total. The second kappa shape index (κ2) is 5.94. The molecule has 0 saturated carbocycles. The molecular formula is C15H23N3O2S. The maximum absolute atomic E-state index is 11.7. The van der Waals surface area contributed by atoms with E-state index in [1.807, 2.05) is 12.1 Å². The van der Waals surface area contributed by atoms with E-state index in [2.05, 4.69) is 10.2 Å². The fourth-order valence-corrected chi connectivity index (χ4v) is 4.37. The van der Waals surface area contributed by atoms with Crippen LogP contribution in [0, 0.1) is 5.92 Å². The van der Waals surface area contributed by atoms with Crippen molar-refractivity contribution in [1.29, 1.82) is 0 Å². The third-order valence-electron chi connectivity index (χ3n) is 4.72. The molecule has 2 fully saturated rings. The van der Waals surface area contributed by atoms with Gasteiger partial charge in [0.2, 0.25) is 10.0 Å². The molecule has 0 spiro atoms. The van der Waals surface area contributed by atoms with Crippen LogP contribution in [0.25, 0.3) is 0 Å². The molecule has 0 radical (unpaired) electrons. The molecular weight excluding hydrogens is 286 g/mol. The highest BCUT2D eigenvalue weighted by Crippen LogP contribution is 2.31. The van der Waals surface area contributed by atoms with Crippen molar-refractivity contribution in [3.05, 3.63) is 24.3 Å². The Bertz CT molecular complexity index is 589. The molecule has 0 aliphatic carbocycles. The standard InChI is InChI=1S/C15H23N3O2S/c16-21(19,20)15-6-2-1-5-14(15)18-10-7-12(8-11-18)13-4-3-9-17-13/h1-2,5-6,12-13,17H,3-4,7-11H2,(H2,16,19,20). The maximum Gasteiger partial charge on any atom is 0.240 e. The Kier molecular flexibility index (Phi) is 4.19. The van der Waals surface area contributed by atoms with Crippen LogP contribution in [0.4, 0.5) is 5.69 Å². The van der Waals surface area contributed by atoms with Crippen molar-refractivity contribution in [2.75, 3.05) is 24.5 Å². The SMILES string of the molecule is NS(=O)(=O)c1ccccc1N1CCC(C2CCCN2)CC1. The highest BCUT2D eigenvalue weighted by Gasteiger charge is 2.29. The average Bonchev–Trinajstić information content (AvgIpc) is 3.01. The van der Waals surface area contributed by atoms with Gasteiger partial charge in [-0.1, -0.05) is 12.1 Å². The predicted octanol–water partition coefficient (Wildman–Crippen LogP) is 1.30. The molecule has 2 saturated heterocycles. The highest BCUT2D eigenvalue weighted by atomic mass is 32.2. The van der Waals surface area contributed by atoms with E-state index in [4.69, 9.17) is 5.14 Å². The van der Waals surface area contributed by atoms with Gasteiger partial charge in [-0.15, -0.1) is 0 Å². The summed E-state index contributed by atoms with van der Waals surface area (Å²) in [6, 6.07) is 7.69. The minimum absolute atomic E-state index is 0.238. The van der Waals surface area contributed by atoms with Crippen molar-refractivity contribution < 1.29 is 8.42 Å². The third kappa shape index (κ3) is 3.22. The van der Waals surface area contributed by atoms with Gasteiger partial charge in [-0.3, -0.25) is 0 Å². The fourth-order valence-electron chi connectivity index (χ4n) is 3.62. The molecule has 2 aliphatic heterocycles. The summed E-state index contributed by atoms with van der Waals surface area (Å²) in [5, 5.41) is 8.91. The summed E-state index contributed by atoms with van der Waals surface area (Å²) in [5.41, 5.74) is 0.748. The van der Waals surface area contributed by atoms with E-state index in [0.29, 0.717) is 12.0 Å². The lowest BCUT2D eigenvalue weighted by atomic mass is 9.88. The number of benzene rings is 1. The van der Waals surface area contributed by atoms with Crippen LogP contribution >= 0.6 is 0 Å². The van der Waals surface area contributed by atoms with Gasteiger partial charge in [0.15, 0.2) is 0 Å². The first kappa shape index (κ1) is 14.8. The first-order valence-corrected chi connectivity index (χ1v) is 9.20. The van der Waals surface area contributed by atoms with Crippen LogP contribution in [0.5, 0.6) is 0 Å². The Balaban J connectivity index is 1.72. The number of anilines is 1. The monoisotopic (exact) mass is 309 g/mol. The number of piperidine rings is 1. The number of hydrogen-bond donors (Lipinski definition) is 2. The lowest BCUT2D eigenvalue weighted by Gasteiger charge is -2.36. The zero-order chi connectivity index (χ0) is 14.9. The smallest absolute Gasteiger partial charge is 0.240 e. The van der Waals surface area contributed by atoms with E-state index < -0.39 is 10.0 Å². The van der Waals surface area contributed by atoms with E-state index in [9.17, 15) is 8.42 Å². The molecule has 6 heteroatoms. The van der Waals surface area contributed by atoms with Crippen LogP contribution in [0.2, 0.25) is 0 Å². The first-order chi connectivity index (χ1) is 10.1. The molecule has 0 bridgehead atoms. The van der Waals surface area contributed by atoms with Crippen LogP contribution in [-0.2, 0) is 10.0 Å². The second-order valence-corrected chi connectivity index (χ2v) is 7.57. The largest absolute Gasteiger partial charge is 0.370 e. The molecule has 2 aliphatic rings. The summed E-state index contributed by atoms with van der Waals surface area (Å²) >= 11 is 0. The Morgan fingerprint density at radius 2 is 1.86 bits per heavy atom. The summed E-state index contributed by atoms with van der Waals surface area (Å²) in [5.74, 6) is 0.713. The van der Waals surface area contributed by atoms with Crippen LogP contribution in [0.15, 0.2) is 29.2 Å². The molecule has 1 unspecified atom stereocenters. The molecule has 21 heavy (non-hydrogen) atoms. The van der Waals surface area contributed by atoms with E-state index in [1.54, 1.807) is 12.1 Å². The Morgan fingerprint density at radius 1 is 1.14 bits per heavy atom. The van der Waals surface area contributed by atoms with Gasteiger partial charge >= 0.3 is 0 Å². The number of rotatable bonds is 3. The van der Waals surface area contributed by atoms with Gasteiger partial charge in [-0.25, -0.2) is 13.6 Å². The van der Waals surface area contributed by atoms with E-state index in [0.717, 1.165) is 38.2 Å². The molecule has 3 rings (SSSR count). The summed E-state index contributed by atoms with van der Waals surface area (Å²) in [4.78, 5) is 2.40. The van der Waals surface area contributed by atoms with Crippen molar-refractivity contribution in [2.24, 2.45) is 11.1 Å². The van der Waals surface area contributed by atoms with E-state index in [1.165, 1.54) is 12.8 Å². The topological polar surface area (TPSA) is 75.4 Å². The minimum atomic E-state index is -3.67. The third-order valence-corrected chi connectivity index (χ3v) is 5.68. The number of para-hydroxylation sites is 1. The summed E-state index contributed by atoms with van der Waals surface area (Å²) in [7, 11) is -3.67. The highest BCUT2D eigenvalue weighted by molar-refractivity contribution is 7.89. The zero-order valence-corrected chi connectivity index (χ0v) is 13.0. The van der Waals surface area contributed by atoms with Gasteiger partial charge in [-0.2, -0.15) is 0 Å². The van der Waals surface area contributed by atoms with Crippen molar-refractivity contribution in [3.8, 4) is 0 Å². The van der Waals surface area contributed by atoms with E-state index in [-0.39, 0.29) is 4.90 Å². The molecule has 3 N–H and O–H groups in total. The molecule has 1 aromatic carbocycles. The number of nitrogens with two attached hydrogens (primary N) is 1. The molecule has 1 aromatic rings. The van der Waals surface area contributed by atoms with Gasteiger partial charge in [0.25, 0.3) is 0 Å². The molecule has 1 atom stereocenters. The van der Waals surface area contributed by atoms with Gasteiger partial charge in [0.1, 0.15) is 4.90 Å². The van der Waals surface area contributed by atoms with Gasteiger partial charge in [-0.05, 0) is 50.3 Å². The summed E-state index contributed by atoms with van der Waals surface area (Å²) in [6.45, 7) is 2.93. The number of nitrogens with zero attached hydrogens (tertiary/aromatic N) is 1. The number of hydrogen-bond acceptors (Lipinski definition) is 4. The first-order valence-electron chi connectivity index (χ1n) is 7.66. The Hall–Kier alpha value is -1.11. The molecule has 2 heterocycles. The second-order valence-electron chi connectivity index (χ2n) is 6.04. The van der Waals surface area contributed by atoms with Crippen LogP contribution in [0.1, 0.15) is 25.7 Å². The average molecular weight is 309 g/mol. The molecule has 116 valence electrons. The molecule has 0 aromatic heterocycles. The summed E-state index contributed by atoms with van der Waals surface area (Å²) < 4.78 is 23.4. The number of nitrogens with one attached hydrogen (secondary N) is 1. The van der Waals surface area contributed by atoms with Crippen LogP contribution < -0.4 is 15.4 Å². The van der Waals surface area contributed by atoms with Gasteiger partial charge in [0.05, 0.1) is 5.69 Å². The van der Waals surface area contributed by atoms with Gasteiger partial charge < -0.3 is 10.2 Å². The van der Waals surface area contributed by atoms with Crippen molar-refractivity contribution in [1.82, 2.24) is 5.32 Å². The molecule has 0 amide bonds. The maximum atomic E-state index is 11.7. The van der Waals surface area contributed by atoms with Crippen molar-refractivity contribution in [3.63, 3.8) is 0 Å². The number of primary sulfonamides is 1. The van der Waals surface area contributed by atoms with Crippen LogP contribution in [-0.4, -0.2) is 34.1 Å². The zero-order valence-electron chi connectivity index (χ0n) is 12.2. The van der Waals surface area contributed by atoms with Crippen LogP contribution in [0.3, 0.4) is 0 Å². The summed E-state index contributed by atoms with van der Waals surface area (Å²) in [6.07, 6.45) is 4.77. The van der Waals surface area contributed by atoms with Crippen molar-refractivity contribution >= 4 is 15.7 Å². The Labute approximate surface area is 126 Å². The lowest BCUT2D eigenvalue weighted by Crippen LogP contribution is -2.41. The van der Waals surface area contributed by atoms with Gasteiger partial charge in [0, 0.05) is 19.1 Å².